The Balaban J connectivity index is 2.08. The molecular weight excluding hydrogens is 368 g/mol. The summed E-state index contributed by atoms with van der Waals surface area (Å²) in [6.07, 6.45) is 2.90. The van der Waals surface area contributed by atoms with Crippen LogP contribution in [-0.2, 0) is 23.9 Å². The van der Waals surface area contributed by atoms with Gasteiger partial charge in [0.15, 0.2) is 11.9 Å². The number of hydrogen-bond acceptors (Lipinski definition) is 6. The molecular formula is C18H28N4O6. The average Bonchev–Trinajstić information content (AvgIpc) is 3.06. The highest BCUT2D eigenvalue weighted by Crippen LogP contribution is 2.28. The summed E-state index contributed by atoms with van der Waals surface area (Å²) >= 11 is 0. The number of ether oxygens (including phenoxy) is 1. The van der Waals surface area contributed by atoms with Gasteiger partial charge in [0.2, 0.25) is 11.8 Å². The minimum absolute atomic E-state index is 0.203. The minimum Gasteiger partial charge on any atom is -0.436 e. The van der Waals surface area contributed by atoms with Crippen molar-refractivity contribution in [2.45, 2.75) is 63.5 Å². The molecule has 1 heterocycles. The van der Waals surface area contributed by atoms with Crippen molar-refractivity contribution in [3.05, 3.63) is 0 Å². The molecule has 10 nitrogen and oxygen atoms in total. The minimum atomic E-state index is -1.26. The molecule has 2 fully saturated rings. The van der Waals surface area contributed by atoms with Gasteiger partial charge in [-0.05, 0) is 18.8 Å². The zero-order valence-corrected chi connectivity index (χ0v) is 15.8. The van der Waals surface area contributed by atoms with Crippen molar-refractivity contribution in [2.75, 3.05) is 6.54 Å². The molecule has 2 aliphatic rings. The summed E-state index contributed by atoms with van der Waals surface area (Å²) in [5.74, 6) is -3.29. The summed E-state index contributed by atoms with van der Waals surface area (Å²) in [5, 5.41) is 4.98. The van der Waals surface area contributed by atoms with Crippen molar-refractivity contribution in [3.63, 3.8) is 0 Å². The van der Waals surface area contributed by atoms with Gasteiger partial charge < -0.3 is 26.8 Å². The first kappa shape index (κ1) is 21.6. The van der Waals surface area contributed by atoms with E-state index in [4.69, 9.17) is 16.2 Å². The predicted octanol–water partition coefficient (Wildman–Crippen LogP) is -0.514. The van der Waals surface area contributed by atoms with Crippen molar-refractivity contribution < 1.29 is 28.7 Å². The molecule has 3 atom stereocenters. The van der Waals surface area contributed by atoms with E-state index in [9.17, 15) is 24.0 Å². The van der Waals surface area contributed by atoms with E-state index in [1.807, 2.05) is 0 Å². The van der Waals surface area contributed by atoms with Crippen LogP contribution in [-0.4, -0.2) is 48.3 Å². The molecule has 156 valence electrons. The summed E-state index contributed by atoms with van der Waals surface area (Å²) < 4.78 is 4.97. The van der Waals surface area contributed by atoms with Gasteiger partial charge in [0, 0.05) is 6.54 Å². The smallest absolute Gasteiger partial charge is 0.405 e. The Morgan fingerprint density at radius 3 is 2.32 bits per heavy atom. The third-order valence-corrected chi connectivity index (χ3v) is 5.28. The lowest BCUT2D eigenvalue weighted by molar-refractivity contribution is -0.139. The molecule has 0 aromatic heterocycles. The lowest BCUT2D eigenvalue weighted by Gasteiger charge is -2.27. The fourth-order valence-corrected chi connectivity index (χ4v) is 3.87. The number of nitrogens with two attached hydrogens (primary N) is 2. The van der Waals surface area contributed by atoms with E-state index >= 15 is 0 Å². The molecule has 1 aliphatic carbocycles. The van der Waals surface area contributed by atoms with Gasteiger partial charge in [-0.3, -0.25) is 19.2 Å². The number of amides is 4. The molecule has 0 spiro atoms. The third kappa shape index (κ3) is 6.21. The van der Waals surface area contributed by atoms with Gasteiger partial charge in [-0.1, -0.05) is 32.1 Å². The highest BCUT2D eigenvalue weighted by atomic mass is 16.6. The zero-order valence-electron chi connectivity index (χ0n) is 15.8. The average molecular weight is 396 g/mol. The largest absolute Gasteiger partial charge is 0.436 e. The second kappa shape index (κ2) is 10.0. The molecule has 0 aromatic carbocycles. The quantitative estimate of drug-likeness (QED) is 0.382. The summed E-state index contributed by atoms with van der Waals surface area (Å²) in [6.45, 7) is 0.349. The Kier molecular flexibility index (Phi) is 7.77. The maximum Gasteiger partial charge on any atom is 0.405 e. The second-order valence-corrected chi connectivity index (χ2v) is 7.43. The molecule has 0 radical (unpaired) electrons. The summed E-state index contributed by atoms with van der Waals surface area (Å²) in [7, 11) is 0. The lowest BCUT2D eigenvalue weighted by Crippen LogP contribution is -2.51. The van der Waals surface area contributed by atoms with E-state index in [0.717, 1.165) is 32.1 Å². The van der Waals surface area contributed by atoms with E-state index in [1.165, 1.54) is 0 Å². The second-order valence-electron chi connectivity index (χ2n) is 7.43. The molecule has 1 aliphatic heterocycles. The number of nitrogens with one attached hydrogen (secondary N) is 2. The normalized spacial score (nSPS) is 22.0. The fourth-order valence-electron chi connectivity index (χ4n) is 3.87. The van der Waals surface area contributed by atoms with Gasteiger partial charge in [-0.2, -0.15) is 0 Å². The molecule has 2 unspecified atom stereocenters. The monoisotopic (exact) mass is 396 g/mol. The molecule has 1 saturated heterocycles. The zero-order chi connectivity index (χ0) is 20.7. The van der Waals surface area contributed by atoms with Crippen LogP contribution in [0.15, 0.2) is 0 Å². The number of rotatable bonds is 9. The Hall–Kier alpha value is -2.65. The number of primary amides is 2. The van der Waals surface area contributed by atoms with Crippen LogP contribution < -0.4 is 22.1 Å². The SMILES string of the molecule is NC(=O)CC(NC(=O)C(CC1CCCCC1)OC(N)=O)C(=O)[C@@H]1CCNC1=O. The van der Waals surface area contributed by atoms with E-state index in [2.05, 4.69) is 10.6 Å². The molecule has 0 bridgehead atoms. The van der Waals surface area contributed by atoms with Crippen molar-refractivity contribution >= 4 is 29.6 Å². The van der Waals surface area contributed by atoms with E-state index in [1.54, 1.807) is 0 Å². The summed E-state index contributed by atoms with van der Waals surface area (Å²) in [6, 6.07) is -1.26. The number of Topliss-reactive ketones (excluding diaryl/α,β-unsaturated/α-hetero) is 1. The third-order valence-electron chi connectivity index (χ3n) is 5.28. The maximum atomic E-state index is 12.7. The predicted molar refractivity (Wildman–Crippen MR) is 97.5 cm³/mol. The maximum absolute atomic E-state index is 12.7. The van der Waals surface area contributed by atoms with Crippen molar-refractivity contribution in [1.82, 2.24) is 10.6 Å². The van der Waals surface area contributed by atoms with Gasteiger partial charge in [0.25, 0.3) is 5.91 Å². The molecule has 2 rings (SSSR count). The molecule has 28 heavy (non-hydrogen) atoms. The van der Waals surface area contributed by atoms with Crippen LogP contribution in [0.25, 0.3) is 0 Å². The van der Waals surface area contributed by atoms with Crippen molar-refractivity contribution in [3.8, 4) is 0 Å². The summed E-state index contributed by atoms with van der Waals surface area (Å²) in [4.78, 5) is 59.7. The van der Waals surface area contributed by atoms with Crippen LogP contribution in [0.5, 0.6) is 0 Å². The number of ketones is 1. The van der Waals surface area contributed by atoms with E-state index in [-0.39, 0.29) is 18.8 Å². The van der Waals surface area contributed by atoms with Crippen LogP contribution in [0, 0.1) is 11.8 Å². The first-order valence-electron chi connectivity index (χ1n) is 9.64. The lowest BCUT2D eigenvalue weighted by atomic mass is 9.85. The van der Waals surface area contributed by atoms with Crippen LogP contribution >= 0.6 is 0 Å². The highest BCUT2D eigenvalue weighted by Gasteiger charge is 2.38. The summed E-state index contributed by atoms with van der Waals surface area (Å²) in [5.41, 5.74) is 10.3. The molecule has 4 amide bonds. The first-order chi connectivity index (χ1) is 13.3. The van der Waals surface area contributed by atoms with Gasteiger partial charge in [0.1, 0.15) is 5.92 Å². The Bertz CT molecular complexity index is 632. The first-order valence-corrected chi connectivity index (χ1v) is 9.64. The van der Waals surface area contributed by atoms with E-state index < -0.39 is 54.1 Å². The van der Waals surface area contributed by atoms with Gasteiger partial charge in [0.05, 0.1) is 12.5 Å². The fraction of sp³-hybridized carbons (Fsp3) is 0.722. The number of carbonyl (C=O) groups excluding carboxylic acids is 5. The van der Waals surface area contributed by atoms with Gasteiger partial charge >= 0.3 is 6.09 Å². The van der Waals surface area contributed by atoms with Crippen LogP contribution in [0.2, 0.25) is 0 Å². The Labute approximate surface area is 163 Å². The highest BCUT2D eigenvalue weighted by molar-refractivity contribution is 6.07. The molecule has 6 N–H and O–H groups in total. The van der Waals surface area contributed by atoms with Crippen LogP contribution in [0.3, 0.4) is 0 Å². The Morgan fingerprint density at radius 1 is 1.11 bits per heavy atom. The topological polar surface area (TPSA) is 171 Å². The number of carbonyl (C=O) groups is 5. The molecule has 0 aromatic rings. The number of hydrogen-bond donors (Lipinski definition) is 4. The van der Waals surface area contributed by atoms with Crippen molar-refractivity contribution in [2.24, 2.45) is 23.3 Å². The standard InChI is InChI=1S/C18H28N4O6/c19-14(23)9-12(15(24)11-6-7-21-16(11)25)22-17(26)13(28-18(20)27)8-10-4-2-1-3-5-10/h10-13H,1-9H2,(H2,19,23)(H2,20,27)(H,21,25)(H,22,26)/t11-,12?,13?/m0/s1. The van der Waals surface area contributed by atoms with Crippen LogP contribution in [0.4, 0.5) is 4.79 Å². The van der Waals surface area contributed by atoms with Gasteiger partial charge in [-0.25, -0.2) is 4.79 Å². The van der Waals surface area contributed by atoms with E-state index in [0.29, 0.717) is 6.54 Å². The Morgan fingerprint density at radius 2 is 1.79 bits per heavy atom. The molecule has 10 heteroatoms. The van der Waals surface area contributed by atoms with Gasteiger partial charge in [-0.15, -0.1) is 0 Å². The molecule has 1 saturated carbocycles. The van der Waals surface area contributed by atoms with Crippen LogP contribution in [0.1, 0.15) is 51.4 Å². The van der Waals surface area contributed by atoms with Crippen molar-refractivity contribution in [1.29, 1.82) is 0 Å².